The molecule has 24 heavy (non-hydrogen) atoms. The first-order valence-electron chi connectivity index (χ1n) is 8.11. The number of hydrogen-bond acceptors (Lipinski definition) is 3. The van der Waals surface area contributed by atoms with Crippen LogP contribution in [-0.2, 0) is 0 Å². The van der Waals surface area contributed by atoms with Crippen molar-refractivity contribution >= 4 is 5.91 Å². The second-order valence-electron chi connectivity index (χ2n) is 6.63. The van der Waals surface area contributed by atoms with Crippen molar-refractivity contribution in [1.29, 1.82) is 5.26 Å². The molecule has 0 bridgehead atoms. The number of piperidine rings is 1. The van der Waals surface area contributed by atoms with Gasteiger partial charge in [-0.2, -0.15) is 5.26 Å². The highest BCUT2D eigenvalue weighted by atomic mass is 16.3. The molecule has 1 unspecified atom stereocenters. The maximum atomic E-state index is 12.8. The van der Waals surface area contributed by atoms with E-state index in [9.17, 15) is 15.2 Å². The lowest BCUT2D eigenvalue weighted by Gasteiger charge is -2.36. The maximum absolute atomic E-state index is 12.8. The first-order valence-corrected chi connectivity index (χ1v) is 8.11. The average Bonchev–Trinajstić information content (AvgIpc) is 2.62. The van der Waals surface area contributed by atoms with Crippen LogP contribution in [0.3, 0.4) is 0 Å². The Hall–Kier alpha value is -2.80. The van der Waals surface area contributed by atoms with Gasteiger partial charge in [-0.15, -0.1) is 0 Å². The number of carbonyl (C=O) groups is 1. The van der Waals surface area contributed by atoms with Gasteiger partial charge in [0.25, 0.3) is 5.91 Å². The van der Waals surface area contributed by atoms with E-state index in [-0.39, 0.29) is 11.7 Å². The molecular formula is C20H20N2O2. The number of carbonyl (C=O) groups excluding carboxylic acids is 1. The normalized spacial score (nSPS) is 20.4. The Kier molecular flexibility index (Phi) is 4.26. The Morgan fingerprint density at radius 2 is 1.96 bits per heavy atom. The fourth-order valence-electron chi connectivity index (χ4n) is 3.17. The number of rotatable bonds is 2. The summed E-state index contributed by atoms with van der Waals surface area (Å²) in [5, 5.41) is 18.7. The van der Waals surface area contributed by atoms with E-state index in [1.165, 1.54) is 0 Å². The number of phenolic OH excluding ortho intramolecular Hbond substituents is 1. The zero-order chi connectivity index (χ0) is 17.2. The molecule has 1 fully saturated rings. The predicted octanol–water partition coefficient (Wildman–Crippen LogP) is 3.83. The Labute approximate surface area is 142 Å². The Balaban J connectivity index is 1.85. The summed E-state index contributed by atoms with van der Waals surface area (Å²) in [7, 11) is 0. The van der Waals surface area contributed by atoms with Gasteiger partial charge in [0.1, 0.15) is 5.75 Å². The monoisotopic (exact) mass is 320 g/mol. The second kappa shape index (κ2) is 6.37. The molecule has 1 saturated heterocycles. The van der Waals surface area contributed by atoms with Crippen molar-refractivity contribution in [3.8, 4) is 22.9 Å². The van der Waals surface area contributed by atoms with Crippen molar-refractivity contribution in [2.45, 2.75) is 19.8 Å². The number of hydrogen-bond donors (Lipinski definition) is 1. The number of likely N-dealkylation sites (tertiary alicyclic amines) is 1. The summed E-state index contributed by atoms with van der Waals surface area (Å²) >= 11 is 0. The summed E-state index contributed by atoms with van der Waals surface area (Å²) in [4.78, 5) is 14.6. The van der Waals surface area contributed by atoms with Crippen molar-refractivity contribution in [2.24, 2.45) is 5.41 Å². The molecule has 1 atom stereocenters. The molecule has 1 aliphatic heterocycles. The van der Waals surface area contributed by atoms with Crippen LogP contribution in [0.25, 0.3) is 11.1 Å². The second-order valence-corrected chi connectivity index (χ2v) is 6.63. The zero-order valence-corrected chi connectivity index (χ0v) is 13.7. The van der Waals surface area contributed by atoms with Crippen molar-refractivity contribution < 1.29 is 9.90 Å². The minimum Gasteiger partial charge on any atom is -0.508 e. The lowest BCUT2D eigenvalue weighted by molar-refractivity contribution is 0.0630. The van der Waals surface area contributed by atoms with E-state index in [0.29, 0.717) is 18.7 Å². The number of aromatic hydroxyl groups is 1. The van der Waals surface area contributed by atoms with Gasteiger partial charge in [-0.1, -0.05) is 24.3 Å². The smallest absolute Gasteiger partial charge is 0.253 e. The van der Waals surface area contributed by atoms with Crippen LogP contribution in [-0.4, -0.2) is 29.0 Å². The average molecular weight is 320 g/mol. The fourth-order valence-corrected chi connectivity index (χ4v) is 3.17. The lowest BCUT2D eigenvalue weighted by atomic mass is 9.83. The highest BCUT2D eigenvalue weighted by Gasteiger charge is 2.33. The standard InChI is InChI=1S/C20H20N2O2/c1-20(13-21)10-3-11-22(14-20)19(24)17-5-2-4-16(12-17)15-6-8-18(23)9-7-15/h2,4-9,12,23H,3,10-11,14H2,1H3. The first kappa shape index (κ1) is 16.1. The third kappa shape index (κ3) is 3.26. The van der Waals surface area contributed by atoms with Gasteiger partial charge in [0, 0.05) is 18.7 Å². The molecule has 1 heterocycles. The van der Waals surface area contributed by atoms with E-state index < -0.39 is 5.41 Å². The van der Waals surface area contributed by atoms with Crippen LogP contribution >= 0.6 is 0 Å². The molecule has 2 aromatic rings. The summed E-state index contributed by atoms with van der Waals surface area (Å²) in [6.07, 6.45) is 1.69. The summed E-state index contributed by atoms with van der Waals surface area (Å²) in [6.45, 7) is 3.09. The molecule has 0 radical (unpaired) electrons. The van der Waals surface area contributed by atoms with E-state index in [2.05, 4.69) is 6.07 Å². The lowest BCUT2D eigenvalue weighted by Crippen LogP contribution is -2.44. The van der Waals surface area contributed by atoms with E-state index in [1.54, 1.807) is 17.0 Å². The van der Waals surface area contributed by atoms with Crippen LogP contribution < -0.4 is 0 Å². The van der Waals surface area contributed by atoms with Crippen LogP contribution in [0.1, 0.15) is 30.1 Å². The molecule has 1 aliphatic rings. The van der Waals surface area contributed by atoms with Crippen LogP contribution in [0, 0.1) is 16.7 Å². The topological polar surface area (TPSA) is 64.3 Å². The highest BCUT2D eigenvalue weighted by molar-refractivity contribution is 5.95. The maximum Gasteiger partial charge on any atom is 0.253 e. The highest BCUT2D eigenvalue weighted by Crippen LogP contribution is 2.30. The molecule has 3 rings (SSSR count). The summed E-state index contributed by atoms with van der Waals surface area (Å²) < 4.78 is 0. The van der Waals surface area contributed by atoms with Gasteiger partial charge in [-0.25, -0.2) is 0 Å². The molecule has 0 saturated carbocycles. The van der Waals surface area contributed by atoms with Gasteiger partial charge < -0.3 is 10.0 Å². The van der Waals surface area contributed by atoms with Gasteiger partial charge in [0.15, 0.2) is 0 Å². The molecular weight excluding hydrogens is 300 g/mol. The zero-order valence-electron chi connectivity index (χ0n) is 13.7. The van der Waals surface area contributed by atoms with Crippen LogP contribution in [0.4, 0.5) is 0 Å². The van der Waals surface area contributed by atoms with Gasteiger partial charge in [0.05, 0.1) is 11.5 Å². The van der Waals surface area contributed by atoms with Crippen LogP contribution in [0.5, 0.6) is 5.75 Å². The molecule has 2 aromatic carbocycles. The van der Waals surface area contributed by atoms with E-state index in [4.69, 9.17) is 0 Å². The minimum atomic E-state index is -0.456. The number of nitriles is 1. The number of benzene rings is 2. The van der Waals surface area contributed by atoms with E-state index in [1.807, 2.05) is 43.3 Å². The summed E-state index contributed by atoms with van der Waals surface area (Å²) in [6, 6.07) is 16.7. The quantitative estimate of drug-likeness (QED) is 0.914. The first-order chi connectivity index (χ1) is 11.5. The summed E-state index contributed by atoms with van der Waals surface area (Å²) in [5.41, 5.74) is 2.05. The van der Waals surface area contributed by atoms with Crippen LogP contribution in [0.15, 0.2) is 48.5 Å². The van der Waals surface area contributed by atoms with Gasteiger partial charge in [0.2, 0.25) is 0 Å². The molecule has 0 aliphatic carbocycles. The fraction of sp³-hybridized carbons (Fsp3) is 0.300. The Morgan fingerprint density at radius 1 is 1.21 bits per heavy atom. The molecule has 0 spiro atoms. The Morgan fingerprint density at radius 3 is 2.67 bits per heavy atom. The third-order valence-corrected chi connectivity index (χ3v) is 4.56. The summed E-state index contributed by atoms with van der Waals surface area (Å²) in [5.74, 6) is 0.187. The number of amides is 1. The van der Waals surface area contributed by atoms with Crippen LogP contribution in [0.2, 0.25) is 0 Å². The van der Waals surface area contributed by atoms with Gasteiger partial charge in [-0.05, 0) is 55.2 Å². The van der Waals surface area contributed by atoms with Gasteiger partial charge in [-0.3, -0.25) is 4.79 Å². The largest absolute Gasteiger partial charge is 0.508 e. The molecule has 122 valence electrons. The van der Waals surface area contributed by atoms with Gasteiger partial charge >= 0.3 is 0 Å². The van der Waals surface area contributed by atoms with Crippen molar-refractivity contribution in [1.82, 2.24) is 4.90 Å². The van der Waals surface area contributed by atoms with Crippen molar-refractivity contribution in [3.63, 3.8) is 0 Å². The Bertz CT molecular complexity index is 792. The predicted molar refractivity (Wildman–Crippen MR) is 92.4 cm³/mol. The molecule has 1 N–H and O–H groups in total. The number of nitrogens with zero attached hydrogens (tertiary/aromatic N) is 2. The van der Waals surface area contributed by atoms with Crippen molar-refractivity contribution in [3.05, 3.63) is 54.1 Å². The third-order valence-electron chi connectivity index (χ3n) is 4.56. The molecule has 0 aromatic heterocycles. The molecule has 4 heteroatoms. The SMILES string of the molecule is CC1(C#N)CCCN(C(=O)c2cccc(-c3ccc(O)cc3)c2)C1. The van der Waals surface area contributed by atoms with E-state index in [0.717, 1.165) is 24.0 Å². The molecule has 4 nitrogen and oxygen atoms in total. The van der Waals surface area contributed by atoms with E-state index >= 15 is 0 Å². The minimum absolute atomic E-state index is 0.0307. The van der Waals surface area contributed by atoms with Crippen molar-refractivity contribution in [2.75, 3.05) is 13.1 Å². The molecule has 1 amide bonds. The number of phenols is 1.